The van der Waals surface area contributed by atoms with E-state index in [4.69, 9.17) is 0 Å². The van der Waals surface area contributed by atoms with Crippen LogP contribution in [0.5, 0.6) is 0 Å². The first-order valence-corrected chi connectivity index (χ1v) is 5.74. The van der Waals surface area contributed by atoms with Gasteiger partial charge >= 0.3 is 6.55 Å². The fraction of sp³-hybridized carbons (Fsp3) is 0.455. The number of hydrogen-bond acceptors (Lipinski definition) is 3. The van der Waals surface area contributed by atoms with Crippen molar-refractivity contribution in [1.82, 2.24) is 24.9 Å². The van der Waals surface area contributed by atoms with E-state index in [0.29, 0.717) is 23.5 Å². The summed E-state index contributed by atoms with van der Waals surface area (Å²) in [5.74, 6) is 0. The maximum Gasteiger partial charge on any atom is 0.333 e. The first kappa shape index (κ1) is 15.6. The molecule has 0 radical (unpaired) electrons. The molecule has 5 nitrogen and oxygen atoms in total. The molecule has 0 aliphatic carbocycles. The standard InChI is InChI=1S/C11H15F2N5.ClH/c1-2-17-5-3-9(15-17)7-14-8-10-4-6-18(16-10)11(12)13;/h3-6,11,14H,2,7-8H2,1H3;1H. The number of nitrogens with one attached hydrogen (secondary N) is 1. The molecule has 0 saturated heterocycles. The lowest BCUT2D eigenvalue weighted by molar-refractivity contribution is 0.0561. The largest absolute Gasteiger partial charge is 0.333 e. The minimum Gasteiger partial charge on any atom is -0.305 e. The third-order valence-corrected chi connectivity index (χ3v) is 2.50. The summed E-state index contributed by atoms with van der Waals surface area (Å²) >= 11 is 0. The number of halogens is 3. The second kappa shape index (κ2) is 7.20. The van der Waals surface area contributed by atoms with Gasteiger partial charge in [-0.05, 0) is 19.1 Å². The predicted octanol–water partition coefficient (Wildman–Crippen LogP) is 2.21. The molecule has 2 rings (SSSR count). The van der Waals surface area contributed by atoms with E-state index < -0.39 is 6.55 Å². The highest BCUT2D eigenvalue weighted by Crippen LogP contribution is 2.08. The molecule has 2 aromatic heterocycles. The molecular formula is C11H16ClF2N5. The maximum atomic E-state index is 12.3. The molecule has 8 heteroatoms. The molecule has 0 fully saturated rings. The van der Waals surface area contributed by atoms with Crippen molar-refractivity contribution in [2.45, 2.75) is 33.1 Å². The minimum atomic E-state index is -2.58. The van der Waals surface area contributed by atoms with E-state index >= 15 is 0 Å². The zero-order valence-electron chi connectivity index (χ0n) is 10.5. The van der Waals surface area contributed by atoms with Gasteiger partial charge in [-0.25, -0.2) is 4.68 Å². The van der Waals surface area contributed by atoms with E-state index in [0.717, 1.165) is 12.2 Å². The van der Waals surface area contributed by atoms with Crippen LogP contribution in [0.25, 0.3) is 0 Å². The summed E-state index contributed by atoms with van der Waals surface area (Å²) in [5.41, 5.74) is 1.51. The molecule has 0 saturated carbocycles. The summed E-state index contributed by atoms with van der Waals surface area (Å²) in [4.78, 5) is 0. The zero-order valence-corrected chi connectivity index (χ0v) is 11.3. The van der Waals surface area contributed by atoms with Crippen LogP contribution in [0.3, 0.4) is 0 Å². The Bertz CT molecular complexity index is 497. The molecule has 2 aromatic rings. The van der Waals surface area contributed by atoms with E-state index in [1.807, 2.05) is 23.9 Å². The second-order valence-electron chi connectivity index (χ2n) is 3.83. The monoisotopic (exact) mass is 291 g/mol. The number of aromatic nitrogens is 4. The predicted molar refractivity (Wildman–Crippen MR) is 69.2 cm³/mol. The van der Waals surface area contributed by atoms with Gasteiger partial charge in [-0.15, -0.1) is 12.4 Å². The van der Waals surface area contributed by atoms with E-state index in [2.05, 4.69) is 15.5 Å². The molecule has 106 valence electrons. The zero-order chi connectivity index (χ0) is 13.0. The smallest absolute Gasteiger partial charge is 0.305 e. The van der Waals surface area contributed by atoms with Crippen molar-refractivity contribution in [2.75, 3.05) is 0 Å². The average molecular weight is 292 g/mol. The van der Waals surface area contributed by atoms with Crippen LogP contribution in [0.1, 0.15) is 24.9 Å². The summed E-state index contributed by atoms with van der Waals surface area (Å²) in [5, 5.41) is 11.2. The molecule has 0 atom stereocenters. The molecule has 0 aromatic carbocycles. The number of alkyl halides is 2. The Kier molecular flexibility index (Phi) is 5.91. The Morgan fingerprint density at radius 2 is 1.79 bits per heavy atom. The van der Waals surface area contributed by atoms with Gasteiger partial charge in [0.25, 0.3) is 0 Å². The Balaban J connectivity index is 0.00000180. The molecule has 0 spiro atoms. The molecule has 0 unspecified atom stereocenters. The molecule has 0 bridgehead atoms. The van der Waals surface area contributed by atoms with Gasteiger partial charge in [-0.3, -0.25) is 4.68 Å². The fourth-order valence-electron chi connectivity index (χ4n) is 1.57. The first-order valence-electron chi connectivity index (χ1n) is 5.74. The third-order valence-electron chi connectivity index (χ3n) is 2.50. The number of rotatable bonds is 6. The highest BCUT2D eigenvalue weighted by Gasteiger charge is 2.07. The third kappa shape index (κ3) is 4.29. The van der Waals surface area contributed by atoms with Crippen LogP contribution in [0, 0.1) is 0 Å². The molecule has 1 N–H and O–H groups in total. The van der Waals surface area contributed by atoms with Crippen molar-refractivity contribution in [3.63, 3.8) is 0 Å². The Hall–Kier alpha value is -1.47. The van der Waals surface area contributed by atoms with Crippen molar-refractivity contribution in [2.24, 2.45) is 0 Å². The molecule has 0 aliphatic heterocycles. The number of nitrogens with zero attached hydrogens (tertiary/aromatic N) is 4. The average Bonchev–Trinajstić information content (AvgIpc) is 2.97. The van der Waals surface area contributed by atoms with E-state index in [9.17, 15) is 8.78 Å². The first-order chi connectivity index (χ1) is 8.69. The highest BCUT2D eigenvalue weighted by atomic mass is 35.5. The number of aryl methyl sites for hydroxylation is 1. The van der Waals surface area contributed by atoms with Gasteiger partial charge in [0.1, 0.15) is 0 Å². The van der Waals surface area contributed by atoms with Crippen molar-refractivity contribution >= 4 is 12.4 Å². The molecule has 19 heavy (non-hydrogen) atoms. The lowest BCUT2D eigenvalue weighted by atomic mass is 10.4. The molecule has 0 amide bonds. The lowest BCUT2D eigenvalue weighted by Crippen LogP contribution is -2.14. The van der Waals surface area contributed by atoms with Gasteiger partial charge in [0.2, 0.25) is 0 Å². The van der Waals surface area contributed by atoms with Crippen molar-refractivity contribution in [3.05, 3.63) is 35.9 Å². The van der Waals surface area contributed by atoms with Gasteiger partial charge in [0, 0.05) is 32.0 Å². The van der Waals surface area contributed by atoms with Gasteiger partial charge in [-0.2, -0.15) is 19.0 Å². The van der Waals surface area contributed by atoms with E-state index in [1.165, 1.54) is 6.20 Å². The summed E-state index contributed by atoms with van der Waals surface area (Å²) < 4.78 is 27.0. The summed E-state index contributed by atoms with van der Waals surface area (Å²) in [7, 11) is 0. The SMILES string of the molecule is CCn1ccc(CNCc2ccn(C(F)F)n2)n1.Cl. The van der Waals surface area contributed by atoms with Gasteiger partial charge < -0.3 is 5.32 Å². The van der Waals surface area contributed by atoms with Crippen molar-refractivity contribution in [3.8, 4) is 0 Å². The minimum absolute atomic E-state index is 0. The van der Waals surface area contributed by atoms with Crippen molar-refractivity contribution < 1.29 is 8.78 Å². The van der Waals surface area contributed by atoms with Crippen LogP contribution in [0.4, 0.5) is 8.78 Å². The van der Waals surface area contributed by atoms with Crippen LogP contribution < -0.4 is 5.32 Å². The molecule has 0 aliphatic rings. The number of hydrogen-bond donors (Lipinski definition) is 1. The van der Waals surface area contributed by atoms with Crippen molar-refractivity contribution in [1.29, 1.82) is 0 Å². The van der Waals surface area contributed by atoms with E-state index in [1.54, 1.807) is 6.07 Å². The summed E-state index contributed by atoms with van der Waals surface area (Å²) in [6, 6.07) is 3.50. The summed E-state index contributed by atoms with van der Waals surface area (Å²) in [6.45, 7) is 1.30. The molecular weight excluding hydrogens is 276 g/mol. The highest BCUT2D eigenvalue weighted by molar-refractivity contribution is 5.85. The lowest BCUT2D eigenvalue weighted by Gasteiger charge is -2.00. The van der Waals surface area contributed by atoms with Crippen LogP contribution in [-0.4, -0.2) is 19.6 Å². The Morgan fingerprint density at radius 3 is 2.32 bits per heavy atom. The van der Waals surface area contributed by atoms with Gasteiger partial charge in [-0.1, -0.05) is 0 Å². The Morgan fingerprint density at radius 1 is 1.16 bits per heavy atom. The van der Waals surface area contributed by atoms with Gasteiger partial charge in [0.15, 0.2) is 0 Å². The maximum absolute atomic E-state index is 12.3. The Labute approximate surface area is 116 Å². The molecule has 2 heterocycles. The summed E-state index contributed by atoms with van der Waals surface area (Å²) in [6.07, 6.45) is 3.18. The fourth-order valence-corrected chi connectivity index (χ4v) is 1.57. The normalized spacial score (nSPS) is 10.7. The topological polar surface area (TPSA) is 47.7 Å². The van der Waals surface area contributed by atoms with Crippen LogP contribution in [-0.2, 0) is 19.6 Å². The van der Waals surface area contributed by atoms with Crippen LogP contribution in [0.15, 0.2) is 24.5 Å². The second-order valence-corrected chi connectivity index (χ2v) is 3.83. The quantitative estimate of drug-likeness (QED) is 0.888. The van der Waals surface area contributed by atoms with E-state index in [-0.39, 0.29) is 12.4 Å². The van der Waals surface area contributed by atoms with Gasteiger partial charge in [0.05, 0.1) is 11.4 Å². The van der Waals surface area contributed by atoms with Crippen LogP contribution >= 0.6 is 12.4 Å². The van der Waals surface area contributed by atoms with Crippen LogP contribution in [0.2, 0.25) is 0 Å².